The summed E-state index contributed by atoms with van der Waals surface area (Å²) < 4.78 is 0. The molecule has 0 atom stereocenters. The molecule has 2 aromatic rings. The molecule has 0 radical (unpaired) electrons. The zero-order chi connectivity index (χ0) is 18.0. The van der Waals surface area contributed by atoms with Gasteiger partial charge in [0.15, 0.2) is 10.7 Å². The van der Waals surface area contributed by atoms with Crippen molar-refractivity contribution in [1.29, 1.82) is 0 Å². The molecule has 8 nitrogen and oxygen atoms in total. The molecule has 1 fully saturated rings. The Labute approximate surface area is 153 Å². The van der Waals surface area contributed by atoms with Crippen molar-refractivity contribution in [1.82, 2.24) is 20.0 Å². The molecule has 0 spiro atoms. The van der Waals surface area contributed by atoms with Crippen molar-refractivity contribution in [2.45, 2.75) is 6.54 Å². The molecule has 3 rings (SSSR count). The smallest absolute Gasteiger partial charge is 0.358 e. The molecule has 1 amide bonds. The molecule has 0 saturated carbocycles. The van der Waals surface area contributed by atoms with Crippen molar-refractivity contribution in [3.8, 4) is 0 Å². The lowest BCUT2D eigenvalue weighted by Crippen LogP contribution is -2.48. The molecule has 132 valence electrons. The first-order chi connectivity index (χ1) is 12.0. The number of nitrogens with zero attached hydrogens (tertiary/aromatic N) is 4. The van der Waals surface area contributed by atoms with Gasteiger partial charge in [0.1, 0.15) is 0 Å². The topological polar surface area (TPSA) is 95.4 Å². The Bertz CT molecular complexity index is 785. The molecular formula is C15H15Cl2N5O3. The number of piperazine rings is 1. The summed E-state index contributed by atoms with van der Waals surface area (Å²) in [5.74, 6) is -0.869. The van der Waals surface area contributed by atoms with Crippen LogP contribution in [-0.4, -0.2) is 57.0 Å². The van der Waals surface area contributed by atoms with E-state index in [-0.39, 0.29) is 10.7 Å². The second kappa shape index (κ2) is 7.38. The van der Waals surface area contributed by atoms with Crippen LogP contribution in [-0.2, 0) is 6.54 Å². The van der Waals surface area contributed by atoms with E-state index in [1.807, 2.05) is 24.3 Å². The van der Waals surface area contributed by atoms with E-state index in [0.29, 0.717) is 31.2 Å². The monoisotopic (exact) mass is 383 g/mol. The van der Waals surface area contributed by atoms with Crippen molar-refractivity contribution >= 4 is 34.9 Å². The minimum atomic E-state index is -0.698. The molecular weight excluding hydrogens is 369 g/mol. The van der Waals surface area contributed by atoms with Crippen LogP contribution < -0.4 is 0 Å². The number of H-pyrrole nitrogens is 1. The summed E-state index contributed by atoms with van der Waals surface area (Å²) in [6.07, 6.45) is 0. The van der Waals surface area contributed by atoms with Gasteiger partial charge in [-0.3, -0.25) is 9.69 Å². The van der Waals surface area contributed by atoms with Gasteiger partial charge >= 0.3 is 5.82 Å². The number of halogens is 2. The number of amides is 1. The highest BCUT2D eigenvalue weighted by Crippen LogP contribution is 2.26. The maximum Gasteiger partial charge on any atom is 0.362 e. The SMILES string of the molecule is O=C(c1n[nH]c([N+](=O)[O-])c1Cl)N1CCN(Cc2ccc(Cl)cc2)CC1. The van der Waals surface area contributed by atoms with Gasteiger partial charge in [0.25, 0.3) is 5.91 Å². The lowest BCUT2D eigenvalue weighted by atomic mass is 10.2. The largest absolute Gasteiger partial charge is 0.362 e. The van der Waals surface area contributed by atoms with Crippen molar-refractivity contribution in [2.24, 2.45) is 0 Å². The molecule has 1 aliphatic rings. The molecule has 0 bridgehead atoms. The maximum atomic E-state index is 12.5. The number of carbonyl (C=O) groups excluding carboxylic acids is 1. The van der Waals surface area contributed by atoms with E-state index in [9.17, 15) is 14.9 Å². The Balaban J connectivity index is 1.59. The van der Waals surface area contributed by atoms with Gasteiger partial charge in [-0.1, -0.05) is 40.4 Å². The van der Waals surface area contributed by atoms with Crippen LogP contribution in [0.25, 0.3) is 0 Å². The van der Waals surface area contributed by atoms with Crippen LogP contribution in [0, 0.1) is 10.1 Å². The van der Waals surface area contributed by atoms with E-state index >= 15 is 0 Å². The van der Waals surface area contributed by atoms with Crippen LogP contribution in [0.4, 0.5) is 5.82 Å². The third-order valence-electron chi connectivity index (χ3n) is 4.05. The third-order valence-corrected chi connectivity index (χ3v) is 4.66. The molecule has 0 aliphatic carbocycles. The predicted molar refractivity (Wildman–Crippen MR) is 92.9 cm³/mol. The Morgan fingerprint density at radius 3 is 2.40 bits per heavy atom. The van der Waals surface area contributed by atoms with Crippen molar-refractivity contribution in [3.05, 3.63) is 55.7 Å². The highest BCUT2D eigenvalue weighted by Gasteiger charge is 2.30. The number of carbonyl (C=O) groups is 1. The van der Waals surface area contributed by atoms with Gasteiger partial charge < -0.3 is 15.0 Å². The predicted octanol–water partition coefficient (Wildman–Crippen LogP) is 2.58. The lowest BCUT2D eigenvalue weighted by molar-refractivity contribution is -0.389. The highest BCUT2D eigenvalue weighted by atomic mass is 35.5. The zero-order valence-corrected chi connectivity index (χ0v) is 14.6. The van der Waals surface area contributed by atoms with Crippen LogP contribution >= 0.6 is 23.2 Å². The number of nitrogens with one attached hydrogen (secondary N) is 1. The summed E-state index contributed by atoms with van der Waals surface area (Å²) in [5.41, 5.74) is 1.04. The summed E-state index contributed by atoms with van der Waals surface area (Å²) in [6.45, 7) is 3.16. The second-order valence-corrected chi connectivity index (χ2v) is 6.50. The van der Waals surface area contributed by atoms with Crippen molar-refractivity contribution in [3.63, 3.8) is 0 Å². The molecule has 1 aliphatic heterocycles. The number of benzene rings is 1. The fourth-order valence-electron chi connectivity index (χ4n) is 2.69. The van der Waals surface area contributed by atoms with Crippen LogP contribution in [0.5, 0.6) is 0 Å². The molecule has 1 aromatic heterocycles. The van der Waals surface area contributed by atoms with E-state index in [2.05, 4.69) is 15.1 Å². The number of hydrogen-bond donors (Lipinski definition) is 1. The first-order valence-electron chi connectivity index (χ1n) is 7.60. The maximum absolute atomic E-state index is 12.5. The van der Waals surface area contributed by atoms with E-state index in [0.717, 1.165) is 12.1 Å². The van der Waals surface area contributed by atoms with Crippen LogP contribution in [0.2, 0.25) is 10.0 Å². The second-order valence-electron chi connectivity index (χ2n) is 5.69. The normalized spacial score (nSPS) is 15.4. The fraction of sp³-hybridized carbons (Fsp3) is 0.333. The Morgan fingerprint density at radius 1 is 1.20 bits per heavy atom. The average Bonchev–Trinajstić information content (AvgIpc) is 2.99. The standard InChI is InChI=1S/C15H15Cl2N5O3/c16-11-3-1-10(2-4-11)9-20-5-7-21(8-6-20)15(23)13-12(17)14(19-18-13)22(24)25/h1-4H,5-9H2,(H,18,19). The van der Waals surface area contributed by atoms with Gasteiger partial charge in [0.2, 0.25) is 0 Å². The van der Waals surface area contributed by atoms with E-state index in [1.165, 1.54) is 0 Å². The molecule has 0 unspecified atom stereocenters. The molecule has 1 N–H and O–H groups in total. The van der Waals surface area contributed by atoms with E-state index < -0.39 is 16.6 Å². The van der Waals surface area contributed by atoms with E-state index in [4.69, 9.17) is 23.2 Å². The van der Waals surface area contributed by atoms with Gasteiger partial charge in [-0.05, 0) is 22.6 Å². The molecule has 1 aromatic carbocycles. The van der Waals surface area contributed by atoms with Gasteiger partial charge in [0.05, 0.1) is 0 Å². The van der Waals surface area contributed by atoms with Gasteiger partial charge in [-0.2, -0.15) is 0 Å². The average molecular weight is 384 g/mol. The number of aromatic nitrogens is 2. The molecule has 25 heavy (non-hydrogen) atoms. The first-order valence-corrected chi connectivity index (χ1v) is 8.35. The summed E-state index contributed by atoms with van der Waals surface area (Å²) >= 11 is 11.8. The Morgan fingerprint density at radius 2 is 1.84 bits per heavy atom. The Hall–Kier alpha value is -2.16. The van der Waals surface area contributed by atoms with Gasteiger partial charge in [-0.15, -0.1) is 5.10 Å². The molecule has 1 saturated heterocycles. The minimum Gasteiger partial charge on any atom is -0.358 e. The minimum absolute atomic E-state index is 0.112. The fourth-order valence-corrected chi connectivity index (χ4v) is 3.05. The number of nitro groups is 1. The van der Waals surface area contributed by atoms with Crippen LogP contribution in [0.15, 0.2) is 24.3 Å². The number of aromatic amines is 1. The third kappa shape index (κ3) is 3.92. The number of rotatable bonds is 4. The summed E-state index contributed by atoms with van der Waals surface area (Å²) in [5, 5.41) is 17.1. The zero-order valence-electron chi connectivity index (χ0n) is 13.1. The summed E-state index contributed by atoms with van der Waals surface area (Å²) in [4.78, 5) is 26.4. The summed E-state index contributed by atoms with van der Waals surface area (Å²) in [6, 6.07) is 7.65. The summed E-state index contributed by atoms with van der Waals surface area (Å²) in [7, 11) is 0. The molecule has 2 heterocycles. The van der Waals surface area contributed by atoms with Crippen molar-refractivity contribution in [2.75, 3.05) is 26.2 Å². The van der Waals surface area contributed by atoms with E-state index in [1.54, 1.807) is 4.90 Å². The van der Waals surface area contributed by atoms with Crippen LogP contribution in [0.1, 0.15) is 16.1 Å². The molecule has 10 heteroatoms. The van der Waals surface area contributed by atoms with Gasteiger partial charge in [0, 0.05) is 37.7 Å². The van der Waals surface area contributed by atoms with Gasteiger partial charge in [-0.25, -0.2) is 0 Å². The van der Waals surface area contributed by atoms with Crippen molar-refractivity contribution < 1.29 is 9.72 Å². The quantitative estimate of drug-likeness (QED) is 0.646. The van der Waals surface area contributed by atoms with Crippen LogP contribution in [0.3, 0.4) is 0 Å². The highest BCUT2D eigenvalue weighted by molar-refractivity contribution is 6.35. The number of hydrogen-bond acceptors (Lipinski definition) is 5. The first kappa shape index (κ1) is 17.7. The lowest BCUT2D eigenvalue weighted by Gasteiger charge is -2.34. The Kier molecular flexibility index (Phi) is 5.22.